The zero-order valence-electron chi connectivity index (χ0n) is 18.8. The number of ether oxygens (including phenoxy) is 2. The summed E-state index contributed by atoms with van der Waals surface area (Å²) in [5.74, 6) is 0.732. The van der Waals surface area contributed by atoms with Crippen LogP contribution in [0.15, 0.2) is 60.7 Å². The van der Waals surface area contributed by atoms with E-state index < -0.39 is 0 Å². The molecule has 0 saturated heterocycles. The van der Waals surface area contributed by atoms with E-state index in [2.05, 4.69) is 10.6 Å². The van der Waals surface area contributed by atoms with Crippen LogP contribution in [0.25, 0.3) is 0 Å². The predicted octanol–water partition coefficient (Wildman–Crippen LogP) is 6.05. The molecule has 7 heteroatoms. The fourth-order valence-electron chi connectivity index (χ4n) is 3.18. The Morgan fingerprint density at radius 1 is 0.939 bits per heavy atom. The van der Waals surface area contributed by atoms with E-state index in [0.717, 1.165) is 34.8 Å². The molecular formula is C26H28Cl2N2O3. The molecule has 3 rings (SSSR count). The number of carbonyl (C=O) groups excluding carboxylic acids is 1. The molecule has 0 aliphatic heterocycles. The lowest BCUT2D eigenvalue weighted by atomic mass is 10.1. The maximum absolute atomic E-state index is 12.3. The van der Waals surface area contributed by atoms with Crippen LogP contribution in [0.2, 0.25) is 10.0 Å². The number of halogens is 2. The molecule has 0 aliphatic carbocycles. The monoisotopic (exact) mass is 486 g/mol. The fourth-order valence-corrected chi connectivity index (χ4v) is 3.52. The lowest BCUT2D eigenvalue weighted by Gasteiger charge is -2.15. The van der Waals surface area contributed by atoms with Gasteiger partial charge in [0.05, 0.1) is 6.61 Å². The highest BCUT2D eigenvalue weighted by atomic mass is 35.5. The molecular weight excluding hydrogens is 459 g/mol. The lowest BCUT2D eigenvalue weighted by molar-refractivity contribution is -0.118. The summed E-state index contributed by atoms with van der Waals surface area (Å²) < 4.78 is 11.5. The molecule has 174 valence electrons. The highest BCUT2D eigenvalue weighted by molar-refractivity contribution is 6.31. The maximum Gasteiger partial charge on any atom is 0.262 e. The smallest absolute Gasteiger partial charge is 0.262 e. The average Bonchev–Trinajstić information content (AvgIpc) is 2.80. The molecule has 1 amide bonds. The summed E-state index contributed by atoms with van der Waals surface area (Å²) in [6, 6.07) is 18.9. The van der Waals surface area contributed by atoms with E-state index in [1.807, 2.05) is 68.4 Å². The van der Waals surface area contributed by atoms with Crippen LogP contribution in [0.1, 0.15) is 23.6 Å². The molecule has 0 bridgehead atoms. The Morgan fingerprint density at radius 3 is 2.33 bits per heavy atom. The minimum absolute atomic E-state index is 0.150. The van der Waals surface area contributed by atoms with Gasteiger partial charge in [0.2, 0.25) is 0 Å². The Hall–Kier alpha value is -2.73. The molecule has 0 aromatic heterocycles. The van der Waals surface area contributed by atoms with Gasteiger partial charge in [-0.15, -0.1) is 0 Å². The first-order valence-corrected chi connectivity index (χ1v) is 11.6. The van der Waals surface area contributed by atoms with E-state index in [0.29, 0.717) is 29.7 Å². The molecule has 33 heavy (non-hydrogen) atoms. The number of carbonyl (C=O) groups is 1. The highest BCUT2D eigenvalue weighted by Gasteiger charge is 2.13. The second kappa shape index (κ2) is 12.5. The quantitative estimate of drug-likeness (QED) is 0.323. The second-order valence-electron chi connectivity index (χ2n) is 7.58. The summed E-state index contributed by atoms with van der Waals surface area (Å²) >= 11 is 12.4. The first-order valence-electron chi connectivity index (χ1n) is 10.8. The third-order valence-corrected chi connectivity index (χ3v) is 5.53. The van der Waals surface area contributed by atoms with Crippen LogP contribution in [-0.4, -0.2) is 25.7 Å². The number of aryl methyl sites for hydroxylation is 1. The van der Waals surface area contributed by atoms with Crippen molar-refractivity contribution in [3.63, 3.8) is 0 Å². The molecule has 0 atom stereocenters. The fraction of sp³-hybridized carbons (Fsp3) is 0.269. The molecule has 0 saturated carbocycles. The summed E-state index contributed by atoms with van der Waals surface area (Å²) in [4.78, 5) is 12.3. The predicted molar refractivity (Wildman–Crippen MR) is 135 cm³/mol. The number of hydrogen-bond acceptors (Lipinski definition) is 4. The van der Waals surface area contributed by atoms with Gasteiger partial charge in [0.15, 0.2) is 18.1 Å². The van der Waals surface area contributed by atoms with Crippen LogP contribution in [-0.2, 0) is 17.8 Å². The number of rotatable bonds is 11. The number of hydrogen-bond donors (Lipinski definition) is 2. The summed E-state index contributed by atoms with van der Waals surface area (Å²) in [5.41, 5.74) is 3.95. The van der Waals surface area contributed by atoms with Gasteiger partial charge in [-0.05, 0) is 68.3 Å². The van der Waals surface area contributed by atoms with Gasteiger partial charge in [-0.1, -0.05) is 53.0 Å². The van der Waals surface area contributed by atoms with Crippen molar-refractivity contribution >= 4 is 34.8 Å². The van der Waals surface area contributed by atoms with Crippen molar-refractivity contribution in [2.75, 3.05) is 25.1 Å². The normalized spacial score (nSPS) is 10.7. The van der Waals surface area contributed by atoms with Gasteiger partial charge in [-0.25, -0.2) is 0 Å². The zero-order chi connectivity index (χ0) is 23.6. The molecule has 3 aromatic rings. The van der Waals surface area contributed by atoms with E-state index in [1.165, 1.54) is 5.56 Å². The van der Waals surface area contributed by atoms with Gasteiger partial charge in [0.25, 0.3) is 5.91 Å². The summed E-state index contributed by atoms with van der Waals surface area (Å²) in [7, 11) is 0. The van der Waals surface area contributed by atoms with Crippen LogP contribution < -0.4 is 20.1 Å². The van der Waals surface area contributed by atoms with Crippen molar-refractivity contribution in [2.24, 2.45) is 0 Å². The SMILES string of the molecule is CCOc1cc(CNCCc2ccc(Cl)cc2)c(Cl)cc1OCC(=O)Nc1ccc(C)cc1. The maximum atomic E-state index is 12.3. The van der Waals surface area contributed by atoms with Gasteiger partial charge in [0.1, 0.15) is 0 Å². The Labute approximate surface area is 205 Å². The third kappa shape index (κ3) is 7.97. The highest BCUT2D eigenvalue weighted by Crippen LogP contribution is 2.33. The first kappa shape index (κ1) is 24.9. The van der Waals surface area contributed by atoms with Gasteiger partial charge < -0.3 is 20.1 Å². The van der Waals surface area contributed by atoms with Gasteiger partial charge >= 0.3 is 0 Å². The van der Waals surface area contributed by atoms with Crippen molar-refractivity contribution < 1.29 is 14.3 Å². The molecule has 0 spiro atoms. The van der Waals surface area contributed by atoms with E-state index in [4.69, 9.17) is 32.7 Å². The first-order chi connectivity index (χ1) is 15.9. The summed E-state index contributed by atoms with van der Waals surface area (Å²) in [6.45, 7) is 5.58. The van der Waals surface area contributed by atoms with Crippen molar-refractivity contribution in [1.29, 1.82) is 0 Å². The molecule has 0 radical (unpaired) electrons. The topological polar surface area (TPSA) is 59.6 Å². The molecule has 0 aliphatic rings. The minimum Gasteiger partial charge on any atom is -0.490 e. The largest absolute Gasteiger partial charge is 0.490 e. The molecule has 5 nitrogen and oxygen atoms in total. The second-order valence-corrected chi connectivity index (χ2v) is 8.42. The Morgan fingerprint density at radius 2 is 1.64 bits per heavy atom. The van der Waals surface area contributed by atoms with Crippen molar-refractivity contribution in [3.8, 4) is 11.5 Å². The van der Waals surface area contributed by atoms with Crippen molar-refractivity contribution in [2.45, 2.75) is 26.8 Å². The van der Waals surface area contributed by atoms with Crippen LogP contribution >= 0.6 is 23.2 Å². The number of nitrogens with one attached hydrogen (secondary N) is 2. The molecule has 0 heterocycles. The van der Waals surface area contributed by atoms with Gasteiger partial charge in [-0.3, -0.25) is 4.79 Å². The molecule has 3 aromatic carbocycles. The van der Waals surface area contributed by atoms with Crippen molar-refractivity contribution in [1.82, 2.24) is 5.32 Å². The van der Waals surface area contributed by atoms with Crippen molar-refractivity contribution in [3.05, 3.63) is 87.4 Å². The number of benzene rings is 3. The van der Waals surface area contributed by atoms with E-state index in [-0.39, 0.29) is 12.5 Å². The lowest BCUT2D eigenvalue weighted by Crippen LogP contribution is -2.20. The minimum atomic E-state index is -0.259. The average molecular weight is 487 g/mol. The van der Waals surface area contributed by atoms with E-state index in [9.17, 15) is 4.79 Å². The standard InChI is InChI=1S/C26H28Cl2N2O3/c1-3-32-24-14-20(16-29-13-12-19-6-8-21(27)9-7-19)23(28)15-25(24)33-17-26(31)30-22-10-4-18(2)5-11-22/h4-11,14-15,29H,3,12-13,16-17H2,1-2H3,(H,30,31). The Kier molecular flexibility index (Phi) is 9.43. The molecule has 0 unspecified atom stereocenters. The van der Waals surface area contributed by atoms with Gasteiger partial charge in [-0.2, -0.15) is 0 Å². The number of anilines is 1. The Bertz CT molecular complexity index is 1050. The summed E-state index contributed by atoms with van der Waals surface area (Å²) in [5, 5.41) is 7.49. The van der Waals surface area contributed by atoms with E-state index >= 15 is 0 Å². The van der Waals surface area contributed by atoms with Gasteiger partial charge in [0, 0.05) is 28.3 Å². The number of amides is 1. The summed E-state index contributed by atoms with van der Waals surface area (Å²) in [6.07, 6.45) is 0.879. The van der Waals surface area contributed by atoms with Crippen LogP contribution in [0.3, 0.4) is 0 Å². The zero-order valence-corrected chi connectivity index (χ0v) is 20.3. The molecule has 0 fully saturated rings. The van der Waals surface area contributed by atoms with E-state index in [1.54, 1.807) is 6.07 Å². The van der Waals surface area contributed by atoms with Crippen LogP contribution in [0.4, 0.5) is 5.69 Å². The Balaban J connectivity index is 1.55. The third-order valence-electron chi connectivity index (χ3n) is 4.93. The molecule has 2 N–H and O–H groups in total. The van der Waals surface area contributed by atoms with Crippen LogP contribution in [0.5, 0.6) is 11.5 Å². The van der Waals surface area contributed by atoms with Crippen LogP contribution in [0, 0.1) is 6.92 Å².